The van der Waals surface area contributed by atoms with Crippen LogP contribution in [0, 0.1) is 0 Å². The monoisotopic (exact) mass is 446 g/mol. The van der Waals surface area contributed by atoms with Crippen LogP contribution in [-0.4, -0.2) is 93.0 Å². The van der Waals surface area contributed by atoms with Crippen molar-refractivity contribution < 1.29 is 44.4 Å². The van der Waals surface area contributed by atoms with Crippen molar-refractivity contribution in [1.82, 2.24) is 21.3 Å². The number of aliphatic hydroxyl groups is 2. The molecule has 176 valence electrons. The van der Waals surface area contributed by atoms with Gasteiger partial charge in [0.15, 0.2) is 6.04 Å². The molecule has 0 saturated carbocycles. The number of carbonyl (C=O) groups is 5. The van der Waals surface area contributed by atoms with Crippen molar-refractivity contribution >= 4 is 29.7 Å². The van der Waals surface area contributed by atoms with E-state index in [-0.39, 0.29) is 6.42 Å². The fourth-order valence-corrected chi connectivity index (χ4v) is 3.01. The highest BCUT2D eigenvalue weighted by molar-refractivity contribution is 5.94. The Balaban J connectivity index is 2.91. The van der Waals surface area contributed by atoms with Crippen LogP contribution in [0.3, 0.4) is 0 Å². The summed E-state index contributed by atoms with van der Waals surface area (Å²) in [6, 6.07) is -5.12. The Labute approximate surface area is 178 Å². The van der Waals surface area contributed by atoms with Gasteiger partial charge in [-0.15, -0.1) is 0 Å². The number of aliphatic hydroxyl groups excluding tert-OH is 2. The van der Waals surface area contributed by atoms with E-state index in [9.17, 15) is 34.2 Å². The highest BCUT2D eigenvalue weighted by Crippen LogP contribution is 2.07. The van der Waals surface area contributed by atoms with Crippen molar-refractivity contribution in [2.45, 2.75) is 75.9 Å². The second kappa shape index (κ2) is 12.2. The van der Waals surface area contributed by atoms with Gasteiger partial charge in [0, 0.05) is 6.42 Å². The van der Waals surface area contributed by atoms with E-state index in [1.807, 2.05) is 5.32 Å². The first-order valence-corrected chi connectivity index (χ1v) is 9.89. The molecule has 1 fully saturated rings. The van der Waals surface area contributed by atoms with Crippen LogP contribution >= 0.6 is 0 Å². The number of rotatable bonds is 12. The highest BCUT2D eigenvalue weighted by atomic mass is 16.4. The molecule has 0 spiro atoms. The average Bonchev–Trinajstić information content (AvgIpc) is 3.20. The smallest absolute Gasteiger partial charge is 0.328 e. The Morgan fingerprint density at radius 3 is 2.00 bits per heavy atom. The zero-order chi connectivity index (χ0) is 23.7. The van der Waals surface area contributed by atoms with Crippen molar-refractivity contribution in [3.63, 3.8) is 0 Å². The van der Waals surface area contributed by atoms with E-state index in [0.717, 1.165) is 13.3 Å². The Kier molecular flexibility index (Phi) is 10.3. The summed E-state index contributed by atoms with van der Waals surface area (Å²) in [6.07, 6.45) is -2.38. The molecule has 1 aliphatic rings. The molecule has 31 heavy (non-hydrogen) atoms. The molecule has 6 atom stereocenters. The molecule has 8 N–H and O–H groups in total. The Bertz CT molecular complexity index is 677. The lowest BCUT2D eigenvalue weighted by Crippen LogP contribution is -2.60. The standard InChI is InChI=1S/C18H30N4O9/c1-8(23)13(21-15(27)10-4-3-7-19-10)17(29)20-11(5-6-12(25)26)16(28)22-14(9(2)24)18(30)31/h8-11,13-14,19,23-24H,3-7H2,1-2H3,(H,20,29)(H,21,27)(H,22,28)(H,25,26)(H,30,31). The van der Waals surface area contributed by atoms with E-state index in [1.165, 1.54) is 6.92 Å². The van der Waals surface area contributed by atoms with Gasteiger partial charge in [-0.25, -0.2) is 4.79 Å². The topological polar surface area (TPSA) is 214 Å². The Morgan fingerprint density at radius 2 is 1.55 bits per heavy atom. The lowest BCUT2D eigenvalue weighted by atomic mass is 10.1. The number of amides is 3. The molecule has 13 heteroatoms. The molecule has 1 aliphatic heterocycles. The number of carboxylic acid groups (broad SMARTS) is 2. The van der Waals surface area contributed by atoms with Gasteiger partial charge in [0.2, 0.25) is 17.7 Å². The van der Waals surface area contributed by atoms with Crippen LogP contribution in [0.5, 0.6) is 0 Å². The van der Waals surface area contributed by atoms with E-state index < -0.39 is 72.5 Å². The summed E-state index contributed by atoms with van der Waals surface area (Å²) in [7, 11) is 0. The van der Waals surface area contributed by atoms with E-state index in [1.54, 1.807) is 0 Å². The zero-order valence-corrected chi connectivity index (χ0v) is 17.3. The zero-order valence-electron chi connectivity index (χ0n) is 17.3. The molecular formula is C18H30N4O9. The fourth-order valence-electron chi connectivity index (χ4n) is 3.01. The number of carboxylic acids is 2. The molecule has 0 aromatic rings. The van der Waals surface area contributed by atoms with Gasteiger partial charge in [-0.1, -0.05) is 0 Å². The van der Waals surface area contributed by atoms with Crippen LogP contribution < -0.4 is 21.3 Å². The van der Waals surface area contributed by atoms with Gasteiger partial charge in [-0.3, -0.25) is 19.2 Å². The second-order valence-electron chi connectivity index (χ2n) is 7.43. The van der Waals surface area contributed by atoms with Crippen molar-refractivity contribution in [3.05, 3.63) is 0 Å². The Morgan fingerprint density at radius 1 is 0.935 bits per heavy atom. The molecule has 13 nitrogen and oxygen atoms in total. The summed E-state index contributed by atoms with van der Waals surface area (Å²) in [5.74, 6) is -5.27. The summed E-state index contributed by atoms with van der Waals surface area (Å²) in [4.78, 5) is 59.5. The van der Waals surface area contributed by atoms with Crippen LogP contribution in [0.2, 0.25) is 0 Å². The third kappa shape index (κ3) is 8.47. The Hall–Kier alpha value is -2.77. The van der Waals surface area contributed by atoms with E-state index >= 15 is 0 Å². The molecule has 0 bridgehead atoms. The predicted molar refractivity (Wildman–Crippen MR) is 105 cm³/mol. The third-order valence-corrected chi connectivity index (χ3v) is 4.77. The minimum atomic E-state index is -1.68. The maximum absolute atomic E-state index is 12.6. The summed E-state index contributed by atoms with van der Waals surface area (Å²) in [6.45, 7) is 3.03. The summed E-state index contributed by atoms with van der Waals surface area (Å²) in [5.41, 5.74) is 0. The molecule has 6 unspecified atom stereocenters. The quantitative estimate of drug-likeness (QED) is 0.151. The average molecular weight is 446 g/mol. The van der Waals surface area contributed by atoms with Crippen LogP contribution in [0.1, 0.15) is 39.5 Å². The maximum Gasteiger partial charge on any atom is 0.328 e. The molecule has 1 rings (SSSR count). The maximum atomic E-state index is 12.6. The molecular weight excluding hydrogens is 416 g/mol. The van der Waals surface area contributed by atoms with E-state index in [4.69, 9.17) is 10.2 Å². The second-order valence-corrected chi connectivity index (χ2v) is 7.43. The highest BCUT2D eigenvalue weighted by Gasteiger charge is 2.34. The SMILES string of the molecule is CC(O)C(NC(=O)C(CCC(=O)O)NC(=O)C(NC(=O)C1CCCN1)C(C)O)C(=O)O. The summed E-state index contributed by atoms with van der Waals surface area (Å²) in [5, 5.41) is 47.1. The normalized spacial score (nSPS) is 20.6. The largest absolute Gasteiger partial charge is 0.481 e. The van der Waals surface area contributed by atoms with Gasteiger partial charge >= 0.3 is 11.9 Å². The lowest BCUT2D eigenvalue weighted by Gasteiger charge is -2.26. The van der Waals surface area contributed by atoms with Crippen molar-refractivity contribution in [1.29, 1.82) is 0 Å². The summed E-state index contributed by atoms with van der Waals surface area (Å²) >= 11 is 0. The van der Waals surface area contributed by atoms with Gasteiger partial charge in [-0.05, 0) is 39.7 Å². The molecule has 1 heterocycles. The first kappa shape index (κ1) is 26.3. The van der Waals surface area contributed by atoms with Crippen LogP contribution in [0.15, 0.2) is 0 Å². The molecule has 3 amide bonds. The van der Waals surface area contributed by atoms with Gasteiger partial charge < -0.3 is 41.7 Å². The number of aliphatic carboxylic acids is 2. The van der Waals surface area contributed by atoms with Gasteiger partial charge in [0.05, 0.1) is 18.2 Å². The van der Waals surface area contributed by atoms with Crippen LogP contribution in [0.4, 0.5) is 0 Å². The number of hydrogen-bond acceptors (Lipinski definition) is 8. The van der Waals surface area contributed by atoms with E-state index in [0.29, 0.717) is 13.0 Å². The minimum absolute atomic E-state index is 0.385. The minimum Gasteiger partial charge on any atom is -0.481 e. The molecule has 0 aliphatic carbocycles. The molecule has 1 saturated heterocycles. The fraction of sp³-hybridized carbons (Fsp3) is 0.722. The molecule has 0 aromatic heterocycles. The van der Waals surface area contributed by atoms with Crippen LogP contribution in [0.25, 0.3) is 0 Å². The van der Waals surface area contributed by atoms with E-state index in [2.05, 4.69) is 16.0 Å². The van der Waals surface area contributed by atoms with Crippen LogP contribution in [-0.2, 0) is 24.0 Å². The number of carbonyl (C=O) groups excluding carboxylic acids is 3. The first-order valence-electron chi connectivity index (χ1n) is 9.89. The van der Waals surface area contributed by atoms with Gasteiger partial charge in [0.1, 0.15) is 12.1 Å². The van der Waals surface area contributed by atoms with Crippen molar-refractivity contribution in [2.24, 2.45) is 0 Å². The van der Waals surface area contributed by atoms with Gasteiger partial charge in [-0.2, -0.15) is 0 Å². The third-order valence-electron chi connectivity index (χ3n) is 4.77. The van der Waals surface area contributed by atoms with Gasteiger partial charge in [0.25, 0.3) is 0 Å². The summed E-state index contributed by atoms with van der Waals surface area (Å²) < 4.78 is 0. The number of hydrogen-bond donors (Lipinski definition) is 8. The predicted octanol–water partition coefficient (Wildman–Crippen LogP) is -3.10. The first-order chi connectivity index (χ1) is 14.4. The molecule has 0 aromatic carbocycles. The lowest BCUT2D eigenvalue weighted by molar-refractivity contribution is -0.145. The number of nitrogens with one attached hydrogen (secondary N) is 4. The van der Waals surface area contributed by atoms with Crippen molar-refractivity contribution in [3.8, 4) is 0 Å². The molecule has 0 radical (unpaired) electrons. The van der Waals surface area contributed by atoms with Crippen molar-refractivity contribution in [2.75, 3.05) is 6.54 Å².